The van der Waals surface area contributed by atoms with Gasteiger partial charge in [0, 0.05) is 37.3 Å². The van der Waals surface area contributed by atoms with E-state index in [9.17, 15) is 14.9 Å². The van der Waals surface area contributed by atoms with Crippen LogP contribution in [-0.4, -0.2) is 40.9 Å². The van der Waals surface area contributed by atoms with E-state index in [0.29, 0.717) is 17.6 Å². The van der Waals surface area contributed by atoms with Gasteiger partial charge in [0.1, 0.15) is 0 Å². The molecule has 8 heteroatoms. The topological polar surface area (TPSA) is 75.5 Å². The van der Waals surface area contributed by atoms with Crippen LogP contribution in [0.3, 0.4) is 0 Å². The Hall–Kier alpha value is -1.37. The number of nitro benzene ring substituents is 1. The number of fused-ring (bicyclic) bond motifs is 2. The third-order valence-corrected chi connectivity index (χ3v) is 4.82. The summed E-state index contributed by atoms with van der Waals surface area (Å²) >= 11 is 6.06. The van der Waals surface area contributed by atoms with Gasteiger partial charge < -0.3 is 10.2 Å². The maximum atomic E-state index is 12.5. The molecule has 2 bridgehead atoms. The summed E-state index contributed by atoms with van der Waals surface area (Å²) in [6.45, 7) is 1.50. The van der Waals surface area contributed by atoms with Crippen LogP contribution in [0, 0.1) is 10.1 Å². The molecule has 1 aromatic rings. The second-order valence-electron chi connectivity index (χ2n) is 5.98. The van der Waals surface area contributed by atoms with Crippen LogP contribution in [0.25, 0.3) is 0 Å². The van der Waals surface area contributed by atoms with Gasteiger partial charge in [0.15, 0.2) is 0 Å². The molecule has 1 amide bonds. The molecular weight excluding hydrogens is 341 g/mol. The van der Waals surface area contributed by atoms with Crippen LogP contribution in [0.2, 0.25) is 5.02 Å². The molecule has 1 N–H and O–H groups in total. The number of carbonyl (C=O) groups is 1. The predicted molar refractivity (Wildman–Crippen MR) is 90.2 cm³/mol. The second kappa shape index (κ2) is 7.47. The first-order valence-electron chi connectivity index (χ1n) is 7.49. The van der Waals surface area contributed by atoms with E-state index in [1.165, 1.54) is 18.6 Å². The Morgan fingerprint density at radius 1 is 1.35 bits per heavy atom. The van der Waals surface area contributed by atoms with E-state index in [-0.39, 0.29) is 35.4 Å². The van der Waals surface area contributed by atoms with Crippen LogP contribution in [-0.2, 0) is 11.2 Å². The molecule has 3 rings (SSSR count). The maximum absolute atomic E-state index is 12.5. The van der Waals surface area contributed by atoms with Gasteiger partial charge in [0.25, 0.3) is 5.69 Å². The van der Waals surface area contributed by atoms with Gasteiger partial charge in [-0.25, -0.2) is 0 Å². The highest BCUT2D eigenvalue weighted by Crippen LogP contribution is 2.25. The number of nitrogens with one attached hydrogen (secondary N) is 1. The fraction of sp³-hybridized carbons (Fsp3) is 0.533. The zero-order valence-corrected chi connectivity index (χ0v) is 14.1. The molecule has 126 valence electrons. The molecule has 2 saturated heterocycles. The largest absolute Gasteiger partial charge is 0.341 e. The molecule has 0 aliphatic carbocycles. The van der Waals surface area contributed by atoms with E-state index >= 15 is 0 Å². The molecule has 1 aromatic carbocycles. The van der Waals surface area contributed by atoms with Crippen LogP contribution >= 0.6 is 24.0 Å². The number of benzene rings is 1. The van der Waals surface area contributed by atoms with Crippen molar-refractivity contribution in [3.63, 3.8) is 0 Å². The minimum absolute atomic E-state index is 0. The van der Waals surface area contributed by atoms with Crippen molar-refractivity contribution in [3.05, 3.63) is 38.9 Å². The van der Waals surface area contributed by atoms with E-state index in [0.717, 1.165) is 25.9 Å². The zero-order valence-electron chi connectivity index (χ0n) is 12.5. The van der Waals surface area contributed by atoms with Crippen molar-refractivity contribution in [2.45, 2.75) is 37.8 Å². The summed E-state index contributed by atoms with van der Waals surface area (Å²) in [4.78, 5) is 24.6. The fourth-order valence-corrected chi connectivity index (χ4v) is 3.48. The first-order valence-corrected chi connectivity index (χ1v) is 7.87. The number of carbonyl (C=O) groups excluding carboxylic acids is 1. The molecule has 6 nitrogen and oxygen atoms in total. The summed E-state index contributed by atoms with van der Waals surface area (Å²) in [6.07, 6.45) is 3.48. The zero-order chi connectivity index (χ0) is 15.7. The Balaban J connectivity index is 0.00000192. The minimum atomic E-state index is -0.491. The average molecular weight is 360 g/mol. The molecule has 2 aliphatic rings. The number of halogens is 2. The SMILES string of the molecule is Cl.O=C(Cc1ccc([N+](=O)[O-])cc1Cl)N1CCC2CCC(C1)N2. The third kappa shape index (κ3) is 4.13. The molecule has 2 atom stereocenters. The Bertz CT molecular complexity index is 612. The molecule has 2 heterocycles. The first-order chi connectivity index (χ1) is 10.5. The van der Waals surface area contributed by atoms with Crippen LogP contribution in [0.1, 0.15) is 24.8 Å². The van der Waals surface area contributed by atoms with Crippen molar-refractivity contribution < 1.29 is 9.72 Å². The molecule has 23 heavy (non-hydrogen) atoms. The molecule has 0 saturated carbocycles. The lowest BCUT2D eigenvalue weighted by atomic mass is 10.1. The Morgan fingerprint density at radius 2 is 2.09 bits per heavy atom. The Labute approximate surface area is 145 Å². The van der Waals surface area contributed by atoms with Gasteiger partial charge in [0.05, 0.1) is 16.4 Å². The van der Waals surface area contributed by atoms with Gasteiger partial charge >= 0.3 is 0 Å². The molecule has 2 fully saturated rings. The van der Waals surface area contributed by atoms with Crippen LogP contribution < -0.4 is 5.32 Å². The number of non-ortho nitro benzene ring substituents is 1. The van der Waals surface area contributed by atoms with E-state index in [1.54, 1.807) is 6.07 Å². The quantitative estimate of drug-likeness (QED) is 0.664. The summed E-state index contributed by atoms with van der Waals surface area (Å²) in [7, 11) is 0. The molecule has 2 unspecified atom stereocenters. The standard InChI is InChI=1S/C15H18ClN3O3.ClH/c16-14-8-13(19(21)22)4-1-10(14)7-15(20)18-6-5-11-2-3-12(9-18)17-11;/h1,4,8,11-12,17H,2-3,5-7,9H2;1H. The van der Waals surface area contributed by atoms with Crippen molar-refractivity contribution in [3.8, 4) is 0 Å². The fourth-order valence-electron chi connectivity index (χ4n) is 3.24. The lowest BCUT2D eigenvalue weighted by Crippen LogP contribution is -2.39. The number of hydrogen-bond donors (Lipinski definition) is 1. The molecule has 0 spiro atoms. The average Bonchev–Trinajstić information content (AvgIpc) is 2.80. The molecule has 0 radical (unpaired) electrons. The Kier molecular flexibility index (Phi) is 5.84. The lowest BCUT2D eigenvalue weighted by molar-refractivity contribution is -0.384. The van der Waals surface area contributed by atoms with Gasteiger partial charge in [-0.1, -0.05) is 17.7 Å². The number of hydrogen-bond acceptors (Lipinski definition) is 4. The highest BCUT2D eigenvalue weighted by atomic mass is 35.5. The Morgan fingerprint density at radius 3 is 2.78 bits per heavy atom. The second-order valence-corrected chi connectivity index (χ2v) is 6.38. The van der Waals surface area contributed by atoms with Crippen molar-refractivity contribution in [2.24, 2.45) is 0 Å². The molecule has 0 aromatic heterocycles. The van der Waals surface area contributed by atoms with Crippen molar-refractivity contribution in [1.29, 1.82) is 0 Å². The number of amides is 1. The summed E-state index contributed by atoms with van der Waals surface area (Å²) in [5.74, 6) is 0.0325. The maximum Gasteiger partial charge on any atom is 0.270 e. The summed E-state index contributed by atoms with van der Waals surface area (Å²) < 4.78 is 0. The van der Waals surface area contributed by atoms with Gasteiger partial charge in [-0.2, -0.15) is 0 Å². The first kappa shape index (κ1) is 18.0. The highest BCUT2D eigenvalue weighted by molar-refractivity contribution is 6.31. The number of likely N-dealkylation sites (tertiary alicyclic amines) is 1. The van der Waals surface area contributed by atoms with Crippen molar-refractivity contribution in [1.82, 2.24) is 10.2 Å². The third-order valence-electron chi connectivity index (χ3n) is 4.47. The minimum Gasteiger partial charge on any atom is -0.341 e. The summed E-state index contributed by atoms with van der Waals surface area (Å²) in [5, 5.41) is 14.5. The van der Waals surface area contributed by atoms with E-state index < -0.39 is 4.92 Å². The lowest BCUT2D eigenvalue weighted by Gasteiger charge is -2.24. The smallest absolute Gasteiger partial charge is 0.270 e. The predicted octanol–water partition coefficient (Wildman–Crippen LogP) is 2.57. The number of nitro groups is 1. The van der Waals surface area contributed by atoms with Gasteiger partial charge in [0.2, 0.25) is 5.91 Å². The highest BCUT2D eigenvalue weighted by Gasteiger charge is 2.31. The van der Waals surface area contributed by atoms with Crippen LogP contribution in [0.15, 0.2) is 18.2 Å². The van der Waals surface area contributed by atoms with E-state index in [2.05, 4.69) is 5.32 Å². The van der Waals surface area contributed by atoms with Crippen molar-refractivity contribution in [2.75, 3.05) is 13.1 Å². The number of nitrogens with zero attached hydrogens (tertiary/aromatic N) is 2. The van der Waals surface area contributed by atoms with E-state index in [1.807, 2.05) is 4.90 Å². The van der Waals surface area contributed by atoms with Crippen molar-refractivity contribution >= 4 is 35.6 Å². The number of rotatable bonds is 3. The van der Waals surface area contributed by atoms with Gasteiger partial charge in [-0.3, -0.25) is 14.9 Å². The van der Waals surface area contributed by atoms with Gasteiger partial charge in [-0.15, -0.1) is 12.4 Å². The summed E-state index contributed by atoms with van der Waals surface area (Å²) in [5.41, 5.74) is 0.581. The molecular formula is C15H19Cl2N3O3. The molecule has 2 aliphatic heterocycles. The van der Waals surface area contributed by atoms with Crippen LogP contribution in [0.5, 0.6) is 0 Å². The van der Waals surface area contributed by atoms with Crippen LogP contribution in [0.4, 0.5) is 5.69 Å². The van der Waals surface area contributed by atoms with Gasteiger partial charge in [-0.05, 0) is 24.8 Å². The monoisotopic (exact) mass is 359 g/mol. The normalized spacial score (nSPS) is 23.1. The van der Waals surface area contributed by atoms with E-state index in [4.69, 9.17) is 11.6 Å². The summed E-state index contributed by atoms with van der Waals surface area (Å²) in [6, 6.07) is 5.19.